The fourth-order valence-electron chi connectivity index (χ4n) is 0.571. The van der Waals surface area contributed by atoms with Crippen LogP contribution < -0.4 is 4.74 Å². The summed E-state index contributed by atoms with van der Waals surface area (Å²) in [4.78, 5) is 14.4. The Labute approximate surface area is 69.8 Å². The average molecular weight is 169 g/mol. The first kappa shape index (κ1) is 8.07. The normalized spacial score (nSPS) is 9.18. The highest BCUT2D eigenvalue weighted by Gasteiger charge is 1.99. The number of esters is 1. The van der Waals surface area contributed by atoms with E-state index in [2.05, 4.69) is 17.6 Å². The van der Waals surface area contributed by atoms with E-state index in [0.29, 0.717) is 5.75 Å². The van der Waals surface area contributed by atoms with E-state index in [9.17, 15) is 4.79 Å². The van der Waals surface area contributed by atoms with Gasteiger partial charge in [-0.15, -0.1) is 0 Å². The van der Waals surface area contributed by atoms with Gasteiger partial charge in [-0.1, -0.05) is 0 Å². The smallest absolute Gasteiger partial charge is 0.321 e. The summed E-state index contributed by atoms with van der Waals surface area (Å²) in [7, 11) is 0. The Morgan fingerprint density at radius 3 is 3.09 bits per heavy atom. The van der Waals surface area contributed by atoms with Crippen molar-refractivity contribution in [3.8, 4) is 5.75 Å². The SMILES string of the molecule is O=C(CS)Oc1cccnc1. The van der Waals surface area contributed by atoms with Crippen LogP contribution in [0, 0.1) is 0 Å². The molecule has 4 heteroatoms. The first-order chi connectivity index (χ1) is 5.33. The molecule has 1 aromatic heterocycles. The van der Waals surface area contributed by atoms with E-state index in [1.54, 1.807) is 18.3 Å². The van der Waals surface area contributed by atoms with Crippen LogP contribution in [0.1, 0.15) is 0 Å². The fraction of sp³-hybridized carbons (Fsp3) is 0.143. The number of thiol groups is 1. The van der Waals surface area contributed by atoms with Gasteiger partial charge in [-0.05, 0) is 12.1 Å². The Hall–Kier alpha value is -1.03. The van der Waals surface area contributed by atoms with E-state index >= 15 is 0 Å². The number of aromatic nitrogens is 1. The maximum atomic E-state index is 10.7. The van der Waals surface area contributed by atoms with Crippen LogP contribution in [0.2, 0.25) is 0 Å². The highest BCUT2D eigenvalue weighted by molar-refractivity contribution is 7.81. The molecule has 0 spiro atoms. The van der Waals surface area contributed by atoms with Gasteiger partial charge in [-0.25, -0.2) is 0 Å². The third-order valence-electron chi connectivity index (χ3n) is 0.995. The van der Waals surface area contributed by atoms with Crippen LogP contribution in [-0.4, -0.2) is 16.7 Å². The highest BCUT2D eigenvalue weighted by Crippen LogP contribution is 2.05. The molecule has 0 atom stereocenters. The lowest BCUT2D eigenvalue weighted by Gasteiger charge is -1.98. The zero-order valence-electron chi connectivity index (χ0n) is 5.73. The molecule has 0 fully saturated rings. The molecule has 1 aromatic rings. The maximum absolute atomic E-state index is 10.7. The first-order valence-corrected chi connectivity index (χ1v) is 3.68. The summed E-state index contributed by atoms with van der Waals surface area (Å²) in [6.07, 6.45) is 3.08. The Balaban J connectivity index is 2.58. The minimum Gasteiger partial charge on any atom is -0.424 e. The van der Waals surface area contributed by atoms with Crippen molar-refractivity contribution in [2.45, 2.75) is 0 Å². The van der Waals surface area contributed by atoms with Gasteiger partial charge in [0.1, 0.15) is 5.75 Å². The second-order valence-electron chi connectivity index (χ2n) is 1.82. The molecular formula is C7H7NO2S. The molecule has 1 rings (SSSR count). The minimum atomic E-state index is -0.374. The van der Waals surface area contributed by atoms with Gasteiger partial charge in [0.05, 0.1) is 11.9 Å². The molecule has 58 valence electrons. The molecule has 1 heterocycles. The summed E-state index contributed by atoms with van der Waals surface area (Å²) in [6, 6.07) is 3.36. The van der Waals surface area contributed by atoms with Crippen LogP contribution in [0.15, 0.2) is 24.5 Å². The lowest BCUT2D eigenvalue weighted by Crippen LogP contribution is -2.08. The van der Waals surface area contributed by atoms with Gasteiger partial charge in [0, 0.05) is 6.20 Å². The molecule has 0 N–H and O–H groups in total. The molecule has 0 radical (unpaired) electrons. The van der Waals surface area contributed by atoms with E-state index < -0.39 is 0 Å². The van der Waals surface area contributed by atoms with E-state index in [1.807, 2.05) is 0 Å². The molecule has 0 amide bonds. The molecular weight excluding hydrogens is 162 g/mol. The van der Waals surface area contributed by atoms with Crippen molar-refractivity contribution in [1.82, 2.24) is 4.98 Å². The second-order valence-corrected chi connectivity index (χ2v) is 2.14. The van der Waals surface area contributed by atoms with Crippen molar-refractivity contribution in [3.05, 3.63) is 24.5 Å². The summed E-state index contributed by atoms with van der Waals surface area (Å²) >= 11 is 3.75. The van der Waals surface area contributed by atoms with Crippen LogP contribution >= 0.6 is 12.6 Å². The zero-order valence-corrected chi connectivity index (χ0v) is 6.62. The van der Waals surface area contributed by atoms with Gasteiger partial charge in [-0.2, -0.15) is 12.6 Å². The van der Waals surface area contributed by atoms with Crippen LogP contribution in [0.3, 0.4) is 0 Å². The second kappa shape index (κ2) is 3.98. The number of nitrogens with zero attached hydrogens (tertiary/aromatic N) is 1. The molecule has 0 saturated carbocycles. The van der Waals surface area contributed by atoms with Crippen LogP contribution in [0.5, 0.6) is 5.75 Å². The minimum absolute atomic E-state index is 0.0783. The number of ether oxygens (including phenoxy) is 1. The first-order valence-electron chi connectivity index (χ1n) is 3.04. The Morgan fingerprint density at radius 2 is 2.55 bits per heavy atom. The van der Waals surface area contributed by atoms with Crippen LogP contribution in [0.4, 0.5) is 0 Å². The number of rotatable bonds is 2. The predicted molar refractivity (Wildman–Crippen MR) is 43.7 cm³/mol. The van der Waals surface area contributed by atoms with Crippen molar-refractivity contribution < 1.29 is 9.53 Å². The summed E-state index contributed by atoms with van der Waals surface area (Å²) in [5.74, 6) is 0.155. The Bertz CT molecular complexity index is 237. The molecule has 0 aromatic carbocycles. The summed E-state index contributed by atoms with van der Waals surface area (Å²) < 4.78 is 4.79. The highest BCUT2D eigenvalue weighted by atomic mass is 32.1. The molecule has 11 heavy (non-hydrogen) atoms. The van der Waals surface area contributed by atoms with Crippen molar-refractivity contribution in [1.29, 1.82) is 0 Å². The molecule has 0 saturated heterocycles. The molecule has 0 bridgehead atoms. The summed E-state index contributed by atoms with van der Waals surface area (Å²) in [5.41, 5.74) is 0. The van der Waals surface area contributed by atoms with E-state index in [-0.39, 0.29) is 11.7 Å². The maximum Gasteiger partial charge on any atom is 0.321 e. The topological polar surface area (TPSA) is 39.2 Å². The molecule has 0 unspecified atom stereocenters. The molecule has 3 nitrogen and oxygen atoms in total. The zero-order chi connectivity index (χ0) is 8.10. The number of carbonyl (C=O) groups is 1. The van der Waals surface area contributed by atoms with Crippen molar-refractivity contribution in [2.24, 2.45) is 0 Å². The van der Waals surface area contributed by atoms with Crippen molar-refractivity contribution in [3.63, 3.8) is 0 Å². The van der Waals surface area contributed by atoms with Gasteiger partial charge >= 0.3 is 5.97 Å². The summed E-state index contributed by atoms with van der Waals surface area (Å²) in [6.45, 7) is 0. The van der Waals surface area contributed by atoms with E-state index in [4.69, 9.17) is 4.74 Å². The summed E-state index contributed by atoms with van der Waals surface area (Å²) in [5, 5.41) is 0. The van der Waals surface area contributed by atoms with Gasteiger partial charge in [-0.3, -0.25) is 9.78 Å². The number of pyridine rings is 1. The van der Waals surface area contributed by atoms with E-state index in [0.717, 1.165) is 0 Å². The average Bonchev–Trinajstić information content (AvgIpc) is 2.06. The third-order valence-corrected chi connectivity index (χ3v) is 1.25. The molecule has 0 aliphatic carbocycles. The van der Waals surface area contributed by atoms with Gasteiger partial charge < -0.3 is 4.74 Å². The Morgan fingerprint density at radius 1 is 1.73 bits per heavy atom. The number of hydrogen-bond acceptors (Lipinski definition) is 4. The van der Waals surface area contributed by atoms with Gasteiger partial charge in [0.2, 0.25) is 0 Å². The van der Waals surface area contributed by atoms with Gasteiger partial charge in [0.15, 0.2) is 0 Å². The lowest BCUT2D eigenvalue weighted by atomic mass is 10.5. The molecule has 0 aliphatic rings. The standard InChI is InChI=1S/C7H7NO2S/c9-7(5-11)10-6-2-1-3-8-4-6/h1-4,11H,5H2. The van der Waals surface area contributed by atoms with Crippen molar-refractivity contribution >= 4 is 18.6 Å². The lowest BCUT2D eigenvalue weighted by molar-refractivity contribution is -0.131. The van der Waals surface area contributed by atoms with Crippen LogP contribution in [0.25, 0.3) is 0 Å². The number of carbonyl (C=O) groups excluding carboxylic acids is 1. The third kappa shape index (κ3) is 2.59. The Kier molecular flexibility index (Phi) is 2.92. The largest absolute Gasteiger partial charge is 0.424 e. The predicted octanol–water partition coefficient (Wildman–Crippen LogP) is 0.917. The number of hydrogen-bond donors (Lipinski definition) is 1. The quantitative estimate of drug-likeness (QED) is 0.528. The molecule has 0 aliphatic heterocycles. The van der Waals surface area contributed by atoms with Crippen molar-refractivity contribution in [2.75, 3.05) is 5.75 Å². The van der Waals surface area contributed by atoms with E-state index in [1.165, 1.54) is 6.20 Å². The fourth-order valence-corrected chi connectivity index (χ4v) is 0.636. The van der Waals surface area contributed by atoms with Crippen LogP contribution in [-0.2, 0) is 4.79 Å². The monoisotopic (exact) mass is 169 g/mol. The van der Waals surface area contributed by atoms with Gasteiger partial charge in [0.25, 0.3) is 0 Å².